The molecular weight excluding hydrogens is 240 g/mol. The summed E-state index contributed by atoms with van der Waals surface area (Å²) in [5, 5.41) is 19.7. The van der Waals surface area contributed by atoms with Crippen molar-refractivity contribution >= 4 is 5.97 Å². The second kappa shape index (κ2) is 7.29. The summed E-state index contributed by atoms with van der Waals surface area (Å²) < 4.78 is 0. The molecule has 0 bridgehead atoms. The van der Waals surface area contributed by atoms with Gasteiger partial charge in [-0.05, 0) is 31.7 Å². The lowest BCUT2D eigenvalue weighted by molar-refractivity contribution is -0.152. The first-order valence-corrected chi connectivity index (χ1v) is 6.96. The largest absolute Gasteiger partial charge is 0.481 e. The Morgan fingerprint density at radius 2 is 1.95 bits per heavy atom. The Labute approximate surface area is 115 Å². The maximum Gasteiger partial charge on any atom is 0.309 e. The molecule has 106 valence electrons. The molecule has 2 N–H and O–H groups in total. The van der Waals surface area contributed by atoms with Crippen LogP contribution in [0.1, 0.15) is 45.1 Å². The maximum atomic E-state index is 11.3. The number of rotatable bonds is 8. The van der Waals surface area contributed by atoms with Gasteiger partial charge in [0.1, 0.15) is 0 Å². The highest BCUT2D eigenvalue weighted by molar-refractivity contribution is 5.71. The van der Waals surface area contributed by atoms with Gasteiger partial charge in [-0.1, -0.05) is 50.1 Å². The number of hydrogen-bond donors (Lipinski definition) is 2. The minimum absolute atomic E-state index is 0.470. The fourth-order valence-corrected chi connectivity index (χ4v) is 2.32. The van der Waals surface area contributed by atoms with Crippen molar-refractivity contribution < 1.29 is 15.0 Å². The Hall–Kier alpha value is -1.35. The van der Waals surface area contributed by atoms with Gasteiger partial charge < -0.3 is 10.2 Å². The van der Waals surface area contributed by atoms with E-state index >= 15 is 0 Å². The van der Waals surface area contributed by atoms with Gasteiger partial charge in [0.2, 0.25) is 0 Å². The second-order valence-corrected chi connectivity index (χ2v) is 5.38. The Morgan fingerprint density at radius 1 is 1.32 bits per heavy atom. The van der Waals surface area contributed by atoms with Gasteiger partial charge in [0.15, 0.2) is 0 Å². The van der Waals surface area contributed by atoms with Gasteiger partial charge >= 0.3 is 5.97 Å². The second-order valence-electron chi connectivity index (χ2n) is 5.38. The van der Waals surface area contributed by atoms with Crippen molar-refractivity contribution in [2.75, 3.05) is 0 Å². The molecule has 0 fully saturated rings. The van der Waals surface area contributed by atoms with Crippen LogP contribution < -0.4 is 0 Å². The zero-order valence-corrected chi connectivity index (χ0v) is 11.8. The summed E-state index contributed by atoms with van der Waals surface area (Å²) in [6.45, 7) is 3.67. The molecular formula is C16H24O3. The minimum atomic E-state index is -1.16. The number of unbranched alkanes of at least 4 members (excludes halogenated alkanes) is 1. The van der Waals surface area contributed by atoms with Gasteiger partial charge in [0, 0.05) is 0 Å². The summed E-state index contributed by atoms with van der Waals surface area (Å²) in [6, 6.07) is 9.85. The molecule has 1 rings (SSSR count). The van der Waals surface area contributed by atoms with Crippen LogP contribution in [0.3, 0.4) is 0 Å². The van der Waals surface area contributed by atoms with Crippen LogP contribution in [0, 0.1) is 5.92 Å². The van der Waals surface area contributed by atoms with Crippen LogP contribution in [-0.2, 0) is 11.2 Å². The van der Waals surface area contributed by atoms with Gasteiger partial charge in [0.05, 0.1) is 11.5 Å². The fourth-order valence-electron chi connectivity index (χ4n) is 2.32. The molecule has 0 spiro atoms. The Kier molecular flexibility index (Phi) is 6.03. The van der Waals surface area contributed by atoms with Crippen LogP contribution in [0.25, 0.3) is 0 Å². The van der Waals surface area contributed by atoms with Crippen LogP contribution in [0.4, 0.5) is 0 Å². The lowest BCUT2D eigenvalue weighted by Crippen LogP contribution is -2.40. The third-order valence-electron chi connectivity index (χ3n) is 3.66. The third kappa shape index (κ3) is 5.03. The molecule has 0 saturated carbocycles. The number of aliphatic hydroxyl groups is 1. The van der Waals surface area contributed by atoms with Crippen LogP contribution in [0.2, 0.25) is 0 Å². The van der Waals surface area contributed by atoms with E-state index in [4.69, 9.17) is 0 Å². The number of carbonyl (C=O) groups is 1. The van der Waals surface area contributed by atoms with Crippen LogP contribution in [-0.4, -0.2) is 21.8 Å². The molecule has 3 nitrogen and oxygen atoms in total. The zero-order chi connectivity index (χ0) is 14.3. The number of aryl methyl sites for hydroxylation is 1. The highest BCUT2D eigenvalue weighted by atomic mass is 16.4. The topological polar surface area (TPSA) is 57.5 Å². The highest BCUT2D eigenvalue weighted by Crippen LogP contribution is 2.28. The first-order chi connectivity index (χ1) is 8.97. The molecule has 0 aliphatic carbocycles. The SMILES string of the molecule is CCCCC(C(=O)O)C(C)(O)CCc1ccccc1. The van der Waals surface area contributed by atoms with Crippen LogP contribution in [0.5, 0.6) is 0 Å². The molecule has 1 aromatic carbocycles. The van der Waals surface area contributed by atoms with Crippen molar-refractivity contribution in [1.29, 1.82) is 0 Å². The number of hydrogen-bond acceptors (Lipinski definition) is 2. The van der Waals surface area contributed by atoms with Gasteiger partial charge in [-0.15, -0.1) is 0 Å². The quantitative estimate of drug-likeness (QED) is 0.757. The lowest BCUT2D eigenvalue weighted by Gasteiger charge is -2.30. The number of carboxylic acids is 1. The van der Waals surface area contributed by atoms with Crippen LogP contribution >= 0.6 is 0 Å². The van der Waals surface area contributed by atoms with E-state index in [1.54, 1.807) is 6.92 Å². The normalized spacial score (nSPS) is 15.7. The average molecular weight is 264 g/mol. The molecule has 2 unspecified atom stereocenters. The van der Waals surface area contributed by atoms with Gasteiger partial charge in [0.25, 0.3) is 0 Å². The standard InChI is InChI=1S/C16H24O3/c1-3-4-10-14(15(17)18)16(2,19)12-11-13-8-6-5-7-9-13/h5-9,14,19H,3-4,10-12H2,1-2H3,(H,17,18). The molecule has 2 atom stereocenters. The average Bonchev–Trinajstić information content (AvgIpc) is 2.37. The summed E-state index contributed by atoms with van der Waals surface area (Å²) in [6.07, 6.45) is 3.48. The summed E-state index contributed by atoms with van der Waals surface area (Å²) in [5.41, 5.74) is -0.0287. The molecule has 0 amide bonds. The maximum absolute atomic E-state index is 11.3. The summed E-state index contributed by atoms with van der Waals surface area (Å²) in [7, 11) is 0. The molecule has 0 heterocycles. The molecule has 0 radical (unpaired) electrons. The van der Waals surface area contributed by atoms with Gasteiger partial charge in [-0.3, -0.25) is 4.79 Å². The van der Waals surface area contributed by atoms with E-state index in [1.807, 2.05) is 37.3 Å². The van der Waals surface area contributed by atoms with Crippen molar-refractivity contribution in [2.45, 2.75) is 51.6 Å². The zero-order valence-electron chi connectivity index (χ0n) is 11.8. The minimum Gasteiger partial charge on any atom is -0.481 e. The fraction of sp³-hybridized carbons (Fsp3) is 0.562. The summed E-state index contributed by atoms with van der Waals surface area (Å²) >= 11 is 0. The van der Waals surface area contributed by atoms with E-state index in [1.165, 1.54) is 0 Å². The summed E-state index contributed by atoms with van der Waals surface area (Å²) in [5.74, 6) is -1.58. The number of carboxylic acid groups (broad SMARTS) is 1. The lowest BCUT2D eigenvalue weighted by atomic mass is 9.81. The van der Waals surface area contributed by atoms with Crippen LogP contribution in [0.15, 0.2) is 30.3 Å². The van der Waals surface area contributed by atoms with Gasteiger partial charge in [-0.2, -0.15) is 0 Å². The Bertz CT molecular complexity index is 384. The molecule has 3 heteroatoms. The monoisotopic (exact) mass is 264 g/mol. The van der Waals surface area contributed by atoms with E-state index in [-0.39, 0.29) is 0 Å². The summed E-state index contributed by atoms with van der Waals surface area (Å²) in [4.78, 5) is 11.3. The van der Waals surface area contributed by atoms with E-state index in [2.05, 4.69) is 0 Å². The molecule has 1 aromatic rings. The smallest absolute Gasteiger partial charge is 0.309 e. The number of benzene rings is 1. The van der Waals surface area contributed by atoms with Gasteiger partial charge in [-0.25, -0.2) is 0 Å². The first-order valence-electron chi connectivity index (χ1n) is 6.96. The molecule has 19 heavy (non-hydrogen) atoms. The van der Waals surface area contributed by atoms with Crippen molar-refractivity contribution in [3.63, 3.8) is 0 Å². The number of aliphatic carboxylic acids is 1. The Morgan fingerprint density at radius 3 is 2.47 bits per heavy atom. The Balaban J connectivity index is 2.63. The molecule has 0 aliphatic rings. The molecule has 0 saturated heterocycles. The van der Waals surface area contributed by atoms with Crippen molar-refractivity contribution in [3.8, 4) is 0 Å². The highest BCUT2D eigenvalue weighted by Gasteiger charge is 2.36. The van der Waals surface area contributed by atoms with E-state index in [0.717, 1.165) is 18.4 Å². The van der Waals surface area contributed by atoms with Crippen molar-refractivity contribution in [2.24, 2.45) is 5.92 Å². The molecule has 0 aliphatic heterocycles. The predicted molar refractivity (Wildman–Crippen MR) is 76.0 cm³/mol. The molecule has 0 aromatic heterocycles. The first kappa shape index (κ1) is 15.7. The third-order valence-corrected chi connectivity index (χ3v) is 3.66. The van der Waals surface area contributed by atoms with Crippen molar-refractivity contribution in [3.05, 3.63) is 35.9 Å². The van der Waals surface area contributed by atoms with E-state index < -0.39 is 17.5 Å². The van der Waals surface area contributed by atoms with E-state index in [9.17, 15) is 15.0 Å². The van der Waals surface area contributed by atoms with E-state index in [0.29, 0.717) is 19.3 Å². The van der Waals surface area contributed by atoms with Crippen molar-refractivity contribution in [1.82, 2.24) is 0 Å². The predicted octanol–water partition coefficient (Wildman–Crippen LogP) is 3.26.